The van der Waals surface area contributed by atoms with Crippen molar-refractivity contribution in [1.29, 1.82) is 0 Å². The quantitative estimate of drug-likeness (QED) is 0.656. The van der Waals surface area contributed by atoms with E-state index in [0.717, 1.165) is 30.4 Å². The summed E-state index contributed by atoms with van der Waals surface area (Å²) in [4.78, 5) is 25.8. The van der Waals surface area contributed by atoms with Gasteiger partial charge in [-0.15, -0.1) is 0 Å². The van der Waals surface area contributed by atoms with Crippen molar-refractivity contribution in [2.24, 2.45) is 0 Å². The van der Waals surface area contributed by atoms with Crippen LogP contribution in [-0.4, -0.2) is 29.8 Å². The molecule has 31 heavy (non-hydrogen) atoms. The summed E-state index contributed by atoms with van der Waals surface area (Å²) in [6.45, 7) is 5.75. The Kier molecular flexibility index (Phi) is 5.78. The molecule has 1 saturated carbocycles. The number of esters is 1. The minimum Gasteiger partial charge on any atom is -0.458 e. The van der Waals surface area contributed by atoms with Crippen molar-refractivity contribution in [2.45, 2.75) is 69.9 Å². The number of ether oxygens (including phenoxy) is 2. The van der Waals surface area contributed by atoms with Crippen LogP contribution in [0, 0.1) is 0 Å². The Morgan fingerprint density at radius 1 is 0.935 bits per heavy atom. The summed E-state index contributed by atoms with van der Waals surface area (Å²) in [5, 5.41) is 2.89. The first-order chi connectivity index (χ1) is 14.8. The van der Waals surface area contributed by atoms with E-state index in [2.05, 4.69) is 29.6 Å². The van der Waals surface area contributed by atoms with Crippen LogP contribution < -0.4 is 5.32 Å². The highest BCUT2D eigenvalue weighted by Crippen LogP contribution is 2.44. The van der Waals surface area contributed by atoms with Gasteiger partial charge in [0.1, 0.15) is 17.7 Å². The molecule has 0 atom stereocenters. The second kappa shape index (κ2) is 8.37. The molecule has 0 unspecified atom stereocenters. The Hall–Kier alpha value is -2.82. The minimum absolute atomic E-state index is 0.0121. The van der Waals surface area contributed by atoms with E-state index in [1.807, 2.05) is 45.0 Å². The van der Waals surface area contributed by atoms with E-state index in [-0.39, 0.29) is 18.5 Å². The zero-order valence-corrected chi connectivity index (χ0v) is 18.6. The molecule has 1 amide bonds. The Morgan fingerprint density at radius 3 is 2.03 bits per heavy atom. The van der Waals surface area contributed by atoms with Gasteiger partial charge >= 0.3 is 12.1 Å². The Morgan fingerprint density at radius 2 is 1.48 bits per heavy atom. The van der Waals surface area contributed by atoms with Crippen molar-refractivity contribution < 1.29 is 19.1 Å². The number of carbonyl (C=O) groups is 2. The van der Waals surface area contributed by atoms with Gasteiger partial charge in [-0.3, -0.25) is 0 Å². The summed E-state index contributed by atoms with van der Waals surface area (Å²) >= 11 is 0. The molecule has 1 N–H and O–H groups in total. The molecule has 0 saturated heterocycles. The molecule has 4 rings (SSSR count). The summed E-state index contributed by atoms with van der Waals surface area (Å²) in [5.74, 6) is -0.379. The smallest absolute Gasteiger partial charge is 0.408 e. The number of carbonyl (C=O) groups excluding carboxylic acids is 2. The van der Waals surface area contributed by atoms with Gasteiger partial charge in [-0.05, 0) is 55.9 Å². The zero-order chi connectivity index (χ0) is 22.1. The molecule has 2 aliphatic carbocycles. The minimum atomic E-state index is -1.01. The lowest BCUT2D eigenvalue weighted by molar-refractivity contribution is -0.164. The largest absolute Gasteiger partial charge is 0.458 e. The van der Waals surface area contributed by atoms with Gasteiger partial charge in [-0.25, -0.2) is 9.59 Å². The van der Waals surface area contributed by atoms with E-state index in [1.54, 1.807) is 0 Å². The van der Waals surface area contributed by atoms with Gasteiger partial charge in [0.15, 0.2) is 0 Å². The summed E-state index contributed by atoms with van der Waals surface area (Å²) in [6.07, 6.45) is 3.40. The lowest BCUT2D eigenvalue weighted by Crippen LogP contribution is -2.57. The Labute approximate surface area is 184 Å². The monoisotopic (exact) mass is 421 g/mol. The van der Waals surface area contributed by atoms with E-state index in [4.69, 9.17) is 9.47 Å². The maximum absolute atomic E-state index is 13.0. The topological polar surface area (TPSA) is 64.6 Å². The standard InChI is InChI=1S/C26H31NO4/c1-25(2,3)31-23(28)26(15-9-4-10-16-26)27-24(29)30-17-22-20-13-7-5-11-18(20)19-12-6-8-14-21(19)22/h5-8,11-14,22H,4,9-10,15-17H2,1-3H3,(H,27,29). The van der Waals surface area contributed by atoms with Crippen molar-refractivity contribution in [2.75, 3.05) is 6.61 Å². The number of benzene rings is 2. The van der Waals surface area contributed by atoms with E-state index in [1.165, 1.54) is 11.1 Å². The third-order valence-electron chi connectivity index (χ3n) is 6.18. The SMILES string of the molecule is CC(C)(C)OC(=O)C1(NC(=O)OCC2c3ccccc3-c3ccccc32)CCCCC1. The van der Waals surface area contributed by atoms with Gasteiger partial charge in [0.05, 0.1) is 0 Å². The predicted molar refractivity (Wildman–Crippen MR) is 120 cm³/mol. The fourth-order valence-corrected chi connectivity index (χ4v) is 4.74. The molecule has 5 nitrogen and oxygen atoms in total. The number of fused-ring (bicyclic) bond motifs is 3. The molecule has 0 aromatic heterocycles. The lowest BCUT2D eigenvalue weighted by Gasteiger charge is -2.37. The highest BCUT2D eigenvalue weighted by atomic mass is 16.6. The van der Waals surface area contributed by atoms with Crippen molar-refractivity contribution >= 4 is 12.1 Å². The van der Waals surface area contributed by atoms with Crippen molar-refractivity contribution in [1.82, 2.24) is 5.32 Å². The molecule has 0 spiro atoms. The zero-order valence-electron chi connectivity index (χ0n) is 18.6. The number of nitrogens with one attached hydrogen (secondary N) is 1. The van der Waals surface area contributed by atoms with Crippen LogP contribution in [0.25, 0.3) is 11.1 Å². The highest BCUT2D eigenvalue weighted by molar-refractivity contribution is 5.86. The lowest BCUT2D eigenvalue weighted by atomic mass is 9.81. The van der Waals surface area contributed by atoms with E-state index >= 15 is 0 Å². The average Bonchev–Trinajstić information content (AvgIpc) is 3.05. The molecular weight excluding hydrogens is 390 g/mol. The first-order valence-electron chi connectivity index (χ1n) is 11.2. The van der Waals surface area contributed by atoms with Gasteiger partial charge in [0.2, 0.25) is 0 Å². The molecule has 0 aliphatic heterocycles. The van der Waals surface area contributed by atoms with Crippen LogP contribution in [0.3, 0.4) is 0 Å². The van der Waals surface area contributed by atoms with Gasteiger partial charge < -0.3 is 14.8 Å². The number of hydrogen-bond donors (Lipinski definition) is 1. The second-order valence-corrected chi connectivity index (χ2v) is 9.60. The van der Waals surface area contributed by atoms with Crippen LogP contribution in [0.5, 0.6) is 0 Å². The van der Waals surface area contributed by atoms with Crippen LogP contribution >= 0.6 is 0 Å². The van der Waals surface area contributed by atoms with Crippen LogP contribution in [-0.2, 0) is 14.3 Å². The van der Waals surface area contributed by atoms with E-state index in [9.17, 15) is 9.59 Å². The number of rotatable bonds is 4. The third kappa shape index (κ3) is 4.46. The fraction of sp³-hybridized carbons (Fsp3) is 0.462. The maximum atomic E-state index is 13.0. The highest BCUT2D eigenvalue weighted by Gasteiger charge is 2.44. The van der Waals surface area contributed by atoms with Crippen molar-refractivity contribution in [3.63, 3.8) is 0 Å². The molecule has 1 fully saturated rings. The second-order valence-electron chi connectivity index (χ2n) is 9.60. The maximum Gasteiger partial charge on any atom is 0.408 e. The van der Waals surface area contributed by atoms with Crippen LogP contribution in [0.2, 0.25) is 0 Å². The van der Waals surface area contributed by atoms with Crippen molar-refractivity contribution in [3.05, 3.63) is 59.7 Å². The van der Waals surface area contributed by atoms with Gasteiger partial charge in [-0.2, -0.15) is 0 Å². The van der Waals surface area contributed by atoms with Crippen LogP contribution in [0.1, 0.15) is 69.9 Å². The summed E-state index contributed by atoms with van der Waals surface area (Å²) < 4.78 is 11.3. The Balaban J connectivity index is 1.48. The molecule has 0 bridgehead atoms. The first-order valence-corrected chi connectivity index (χ1v) is 11.2. The number of alkyl carbamates (subject to hydrolysis) is 1. The molecule has 2 aromatic rings. The molecule has 2 aliphatic rings. The van der Waals surface area contributed by atoms with Gasteiger partial charge in [0, 0.05) is 5.92 Å². The van der Waals surface area contributed by atoms with E-state index < -0.39 is 17.2 Å². The number of hydrogen-bond acceptors (Lipinski definition) is 4. The normalized spacial score (nSPS) is 17.4. The van der Waals surface area contributed by atoms with Crippen LogP contribution in [0.15, 0.2) is 48.5 Å². The summed E-state index contributed by atoms with van der Waals surface area (Å²) in [5.41, 5.74) is 3.08. The average molecular weight is 422 g/mol. The predicted octanol–water partition coefficient (Wildman–Crippen LogP) is 5.57. The Bertz CT molecular complexity index is 924. The van der Waals surface area contributed by atoms with Gasteiger partial charge in [-0.1, -0.05) is 67.8 Å². The molecule has 164 valence electrons. The molecule has 0 radical (unpaired) electrons. The van der Waals surface area contributed by atoms with E-state index in [0.29, 0.717) is 12.8 Å². The van der Waals surface area contributed by atoms with Gasteiger partial charge in [0.25, 0.3) is 0 Å². The summed E-state index contributed by atoms with van der Waals surface area (Å²) in [6, 6.07) is 16.5. The first kappa shape index (κ1) is 21.4. The molecule has 0 heterocycles. The number of amides is 1. The molecular formula is C26H31NO4. The fourth-order valence-electron chi connectivity index (χ4n) is 4.74. The summed E-state index contributed by atoms with van der Waals surface area (Å²) in [7, 11) is 0. The molecule has 5 heteroatoms. The third-order valence-corrected chi connectivity index (χ3v) is 6.18. The molecule has 2 aromatic carbocycles. The van der Waals surface area contributed by atoms with Crippen molar-refractivity contribution in [3.8, 4) is 11.1 Å². The van der Waals surface area contributed by atoms with Crippen LogP contribution in [0.4, 0.5) is 4.79 Å².